The molecule has 148 valence electrons. The van der Waals surface area contributed by atoms with Crippen LogP contribution in [0.25, 0.3) is 11.3 Å². The second-order valence-corrected chi connectivity index (χ2v) is 6.19. The number of nitrogens with one attached hydrogen (secondary N) is 2. The van der Waals surface area contributed by atoms with Crippen LogP contribution in [0.4, 0.5) is 5.69 Å². The molecule has 2 aromatic carbocycles. The van der Waals surface area contributed by atoms with Gasteiger partial charge in [-0.1, -0.05) is 18.2 Å². The Morgan fingerprint density at radius 2 is 1.93 bits per heavy atom. The summed E-state index contributed by atoms with van der Waals surface area (Å²) in [7, 11) is 0. The molecule has 0 aliphatic carbocycles. The van der Waals surface area contributed by atoms with Crippen molar-refractivity contribution in [2.75, 3.05) is 6.54 Å². The highest BCUT2D eigenvalue weighted by molar-refractivity contribution is 5.85. The standard InChI is InChI=1S/C19H18N4O3.2ClH/c24-23(25)17-9-8-13(11-18(17)26-14-5-2-1-3-6-14)16-12-21-19(22-16)15-7-4-10-20-15;;/h1-3,5-6,8-9,11-12,15,20H,4,7,10H2,(H,21,22);2*1H. The van der Waals surface area contributed by atoms with Crippen LogP contribution in [0, 0.1) is 10.1 Å². The number of benzene rings is 2. The Balaban J connectivity index is 0.00000140. The number of hydrogen-bond donors (Lipinski definition) is 2. The van der Waals surface area contributed by atoms with Crippen molar-refractivity contribution in [3.8, 4) is 22.8 Å². The normalized spacial score (nSPS) is 15.4. The number of nitrogens with zero attached hydrogens (tertiary/aromatic N) is 2. The fourth-order valence-corrected chi connectivity index (χ4v) is 3.11. The van der Waals surface area contributed by atoms with Crippen LogP contribution in [-0.2, 0) is 0 Å². The van der Waals surface area contributed by atoms with Crippen LogP contribution >= 0.6 is 24.8 Å². The highest BCUT2D eigenvalue weighted by atomic mass is 35.5. The number of halogens is 2. The van der Waals surface area contributed by atoms with Gasteiger partial charge in [0.15, 0.2) is 0 Å². The average Bonchev–Trinajstić information content (AvgIpc) is 3.34. The number of ether oxygens (including phenoxy) is 1. The zero-order valence-electron chi connectivity index (χ0n) is 14.8. The van der Waals surface area contributed by atoms with Gasteiger partial charge >= 0.3 is 5.69 Å². The molecule has 1 aromatic heterocycles. The molecule has 1 aliphatic heterocycles. The first-order valence-corrected chi connectivity index (χ1v) is 8.51. The molecule has 0 spiro atoms. The summed E-state index contributed by atoms with van der Waals surface area (Å²) in [6, 6.07) is 14.1. The first kappa shape index (κ1) is 21.7. The fraction of sp³-hybridized carbons (Fsp3) is 0.211. The lowest BCUT2D eigenvalue weighted by Crippen LogP contribution is -2.14. The lowest BCUT2D eigenvalue weighted by molar-refractivity contribution is -0.385. The Labute approximate surface area is 174 Å². The van der Waals surface area contributed by atoms with E-state index in [9.17, 15) is 10.1 Å². The van der Waals surface area contributed by atoms with E-state index < -0.39 is 4.92 Å². The third-order valence-corrected chi connectivity index (χ3v) is 4.42. The largest absolute Gasteiger partial charge is 0.450 e. The minimum atomic E-state index is -0.442. The van der Waals surface area contributed by atoms with Gasteiger partial charge in [-0.3, -0.25) is 10.1 Å². The molecule has 4 rings (SSSR count). The minimum absolute atomic E-state index is 0. The van der Waals surface area contributed by atoms with Gasteiger partial charge in [0.1, 0.15) is 11.6 Å². The van der Waals surface area contributed by atoms with E-state index in [-0.39, 0.29) is 42.3 Å². The van der Waals surface area contributed by atoms with Crippen LogP contribution in [0.3, 0.4) is 0 Å². The number of nitro groups is 1. The van der Waals surface area contributed by atoms with Crippen LogP contribution in [-0.4, -0.2) is 21.4 Å². The van der Waals surface area contributed by atoms with Gasteiger partial charge in [-0.05, 0) is 43.7 Å². The predicted molar refractivity (Wildman–Crippen MR) is 112 cm³/mol. The summed E-state index contributed by atoms with van der Waals surface area (Å²) < 4.78 is 5.75. The average molecular weight is 423 g/mol. The zero-order valence-corrected chi connectivity index (χ0v) is 16.5. The lowest BCUT2D eigenvalue weighted by atomic mass is 10.1. The van der Waals surface area contributed by atoms with Crippen LogP contribution in [0.5, 0.6) is 11.5 Å². The topological polar surface area (TPSA) is 93.1 Å². The number of H-pyrrole nitrogens is 1. The fourth-order valence-electron chi connectivity index (χ4n) is 3.11. The van der Waals surface area contributed by atoms with E-state index in [2.05, 4.69) is 15.3 Å². The summed E-state index contributed by atoms with van der Waals surface area (Å²) in [6.45, 7) is 0.993. The van der Waals surface area contributed by atoms with Crippen molar-refractivity contribution in [3.63, 3.8) is 0 Å². The van der Waals surface area contributed by atoms with Gasteiger partial charge in [-0.2, -0.15) is 0 Å². The maximum Gasteiger partial charge on any atom is 0.311 e. The van der Waals surface area contributed by atoms with E-state index in [1.165, 1.54) is 6.07 Å². The van der Waals surface area contributed by atoms with Crippen LogP contribution in [0.1, 0.15) is 24.7 Å². The molecule has 0 bridgehead atoms. The predicted octanol–water partition coefficient (Wildman–Crippen LogP) is 5.05. The van der Waals surface area contributed by atoms with E-state index in [0.717, 1.165) is 36.5 Å². The maximum atomic E-state index is 11.3. The molecule has 3 aromatic rings. The zero-order chi connectivity index (χ0) is 17.9. The molecule has 1 atom stereocenters. The third kappa shape index (κ3) is 4.62. The molecular formula is C19H20Cl2N4O3. The van der Waals surface area contributed by atoms with E-state index in [4.69, 9.17) is 4.74 Å². The number of aromatic amines is 1. The quantitative estimate of drug-likeness (QED) is 0.443. The summed E-state index contributed by atoms with van der Waals surface area (Å²) in [5.41, 5.74) is 1.52. The Kier molecular flexibility index (Phi) is 7.39. The molecule has 0 saturated carbocycles. The molecule has 0 amide bonds. The minimum Gasteiger partial charge on any atom is -0.450 e. The first-order valence-electron chi connectivity index (χ1n) is 8.51. The molecule has 0 radical (unpaired) electrons. The van der Waals surface area contributed by atoms with Crippen molar-refractivity contribution >= 4 is 30.5 Å². The SMILES string of the molecule is Cl.Cl.O=[N+]([O-])c1ccc(-c2cnc(C3CCCN3)[nH]2)cc1Oc1ccccc1. The van der Waals surface area contributed by atoms with Crippen molar-refractivity contribution in [2.24, 2.45) is 0 Å². The number of hydrogen-bond acceptors (Lipinski definition) is 5. The van der Waals surface area contributed by atoms with Gasteiger partial charge in [0.2, 0.25) is 5.75 Å². The highest BCUT2D eigenvalue weighted by Gasteiger charge is 2.21. The molecule has 28 heavy (non-hydrogen) atoms. The molecule has 1 unspecified atom stereocenters. The summed E-state index contributed by atoms with van der Waals surface area (Å²) in [5.74, 6) is 1.64. The van der Waals surface area contributed by atoms with Crippen molar-refractivity contribution in [1.82, 2.24) is 15.3 Å². The van der Waals surface area contributed by atoms with E-state index >= 15 is 0 Å². The van der Waals surface area contributed by atoms with E-state index in [1.807, 2.05) is 18.2 Å². The highest BCUT2D eigenvalue weighted by Crippen LogP contribution is 2.35. The summed E-state index contributed by atoms with van der Waals surface area (Å²) in [5, 5.41) is 14.7. The van der Waals surface area contributed by atoms with Gasteiger partial charge < -0.3 is 15.0 Å². The Morgan fingerprint density at radius 3 is 2.61 bits per heavy atom. The monoisotopic (exact) mass is 422 g/mol. The van der Waals surface area contributed by atoms with Crippen LogP contribution < -0.4 is 10.1 Å². The molecular weight excluding hydrogens is 403 g/mol. The van der Waals surface area contributed by atoms with Crippen molar-refractivity contribution in [1.29, 1.82) is 0 Å². The Hall–Kier alpha value is -2.61. The van der Waals surface area contributed by atoms with Gasteiger partial charge in [-0.25, -0.2) is 4.98 Å². The summed E-state index contributed by atoms with van der Waals surface area (Å²) in [6.07, 6.45) is 3.94. The van der Waals surface area contributed by atoms with Gasteiger partial charge in [0, 0.05) is 11.6 Å². The number of imidazole rings is 1. The maximum absolute atomic E-state index is 11.3. The van der Waals surface area contributed by atoms with Crippen molar-refractivity contribution < 1.29 is 9.66 Å². The van der Waals surface area contributed by atoms with E-state index in [1.54, 1.807) is 30.5 Å². The molecule has 1 fully saturated rings. The van der Waals surface area contributed by atoms with Gasteiger partial charge in [-0.15, -0.1) is 24.8 Å². The molecule has 2 N–H and O–H groups in total. The molecule has 9 heteroatoms. The van der Waals surface area contributed by atoms with Crippen molar-refractivity contribution in [2.45, 2.75) is 18.9 Å². The first-order chi connectivity index (χ1) is 12.7. The molecule has 1 aliphatic rings. The number of rotatable bonds is 5. The van der Waals surface area contributed by atoms with Crippen LogP contribution in [0.15, 0.2) is 54.7 Å². The second kappa shape index (κ2) is 9.54. The van der Waals surface area contributed by atoms with Crippen LogP contribution in [0.2, 0.25) is 0 Å². The van der Waals surface area contributed by atoms with Gasteiger partial charge in [0.05, 0.1) is 22.9 Å². The Morgan fingerprint density at radius 1 is 1.14 bits per heavy atom. The smallest absolute Gasteiger partial charge is 0.311 e. The molecule has 7 nitrogen and oxygen atoms in total. The molecule has 1 saturated heterocycles. The summed E-state index contributed by atoms with van der Waals surface area (Å²) >= 11 is 0. The second-order valence-electron chi connectivity index (χ2n) is 6.19. The van der Waals surface area contributed by atoms with Gasteiger partial charge in [0.25, 0.3) is 0 Å². The number of aromatic nitrogens is 2. The number of para-hydroxylation sites is 1. The third-order valence-electron chi connectivity index (χ3n) is 4.42. The van der Waals surface area contributed by atoms with Crippen molar-refractivity contribution in [3.05, 3.63) is 70.7 Å². The molecule has 2 heterocycles. The number of nitro benzene ring substituents is 1. The van der Waals surface area contributed by atoms with E-state index in [0.29, 0.717) is 5.75 Å². The lowest BCUT2D eigenvalue weighted by Gasteiger charge is -2.08. The Bertz CT molecular complexity index is 928. The summed E-state index contributed by atoms with van der Waals surface area (Å²) in [4.78, 5) is 18.7.